The topological polar surface area (TPSA) is 45.6 Å². The van der Waals surface area contributed by atoms with Crippen molar-refractivity contribution < 1.29 is 23.0 Å². The molecular weight excluding hydrogens is 249 g/mol. The Kier molecular flexibility index (Phi) is 3.72. The number of aromatic nitrogens is 1. The number of aliphatic hydroxyl groups is 1. The molecule has 1 N–H and O–H groups in total. The molecular formula is C11H13F3N2O2. The van der Waals surface area contributed by atoms with Crippen molar-refractivity contribution in [1.82, 2.24) is 4.98 Å². The maximum Gasteiger partial charge on any atom is 0.433 e. The van der Waals surface area contributed by atoms with Gasteiger partial charge in [-0.1, -0.05) is 0 Å². The molecule has 1 aromatic heterocycles. The maximum atomic E-state index is 12.3. The van der Waals surface area contributed by atoms with Crippen LogP contribution < -0.4 is 4.90 Å². The molecule has 7 heteroatoms. The zero-order valence-electron chi connectivity index (χ0n) is 9.52. The molecule has 0 radical (unpaired) electrons. The quantitative estimate of drug-likeness (QED) is 0.872. The zero-order valence-corrected chi connectivity index (χ0v) is 9.52. The van der Waals surface area contributed by atoms with Gasteiger partial charge < -0.3 is 14.7 Å². The van der Waals surface area contributed by atoms with Gasteiger partial charge in [-0.2, -0.15) is 13.2 Å². The first-order valence-corrected chi connectivity index (χ1v) is 5.51. The first-order chi connectivity index (χ1) is 8.50. The van der Waals surface area contributed by atoms with E-state index in [1.807, 2.05) is 4.90 Å². The summed E-state index contributed by atoms with van der Waals surface area (Å²) < 4.78 is 42.3. The van der Waals surface area contributed by atoms with Crippen molar-refractivity contribution in [2.24, 2.45) is 0 Å². The van der Waals surface area contributed by atoms with Gasteiger partial charge in [0.2, 0.25) is 0 Å². The Balaban J connectivity index is 2.09. The maximum absolute atomic E-state index is 12.3. The van der Waals surface area contributed by atoms with Gasteiger partial charge in [0, 0.05) is 13.1 Å². The lowest BCUT2D eigenvalue weighted by Crippen LogP contribution is -2.44. The van der Waals surface area contributed by atoms with Crippen molar-refractivity contribution in [3.8, 4) is 0 Å². The fourth-order valence-electron chi connectivity index (χ4n) is 1.81. The highest BCUT2D eigenvalue weighted by atomic mass is 19.4. The van der Waals surface area contributed by atoms with E-state index < -0.39 is 11.9 Å². The average molecular weight is 262 g/mol. The average Bonchev–Trinajstić information content (AvgIpc) is 2.38. The van der Waals surface area contributed by atoms with Gasteiger partial charge in [-0.25, -0.2) is 4.98 Å². The summed E-state index contributed by atoms with van der Waals surface area (Å²) in [6.07, 6.45) is -3.53. The van der Waals surface area contributed by atoms with Gasteiger partial charge in [0.1, 0.15) is 5.69 Å². The summed E-state index contributed by atoms with van der Waals surface area (Å²) >= 11 is 0. The summed E-state index contributed by atoms with van der Waals surface area (Å²) in [5, 5.41) is 8.99. The van der Waals surface area contributed by atoms with Crippen LogP contribution in [0.5, 0.6) is 0 Å². The smallest absolute Gasteiger partial charge is 0.394 e. The molecule has 100 valence electrons. The van der Waals surface area contributed by atoms with Gasteiger partial charge in [0.05, 0.1) is 31.2 Å². The van der Waals surface area contributed by atoms with Crippen molar-refractivity contribution >= 4 is 5.69 Å². The Morgan fingerprint density at radius 1 is 1.44 bits per heavy atom. The Morgan fingerprint density at radius 2 is 2.22 bits per heavy atom. The van der Waals surface area contributed by atoms with Gasteiger partial charge in [-0.15, -0.1) is 0 Å². The predicted octanol–water partition coefficient (Wildman–Crippen LogP) is 1.30. The van der Waals surface area contributed by atoms with Crippen LogP contribution in [0.3, 0.4) is 0 Å². The van der Waals surface area contributed by atoms with E-state index in [-0.39, 0.29) is 12.7 Å². The number of aliphatic hydroxyl groups excluding tert-OH is 1. The van der Waals surface area contributed by atoms with E-state index in [4.69, 9.17) is 9.84 Å². The van der Waals surface area contributed by atoms with Gasteiger partial charge in [-0.3, -0.25) is 0 Å². The number of halogens is 3. The minimum Gasteiger partial charge on any atom is -0.394 e. The molecule has 0 saturated carbocycles. The first-order valence-electron chi connectivity index (χ1n) is 5.51. The standard InChI is InChI=1S/C11H13F3N2O2/c12-11(13,14)10-2-1-8(5-15-10)16-3-4-18-9(6-16)7-17/h1-2,5,9,17H,3-4,6-7H2/t9-/m1/s1. The number of alkyl halides is 3. The molecule has 0 aliphatic carbocycles. The third kappa shape index (κ3) is 2.91. The van der Waals surface area contributed by atoms with Crippen LogP contribution in [0.25, 0.3) is 0 Å². The van der Waals surface area contributed by atoms with Crippen LogP contribution in [0.15, 0.2) is 18.3 Å². The number of anilines is 1. The van der Waals surface area contributed by atoms with Crippen LogP contribution in [0.1, 0.15) is 5.69 Å². The third-order valence-corrected chi connectivity index (χ3v) is 2.75. The fourth-order valence-corrected chi connectivity index (χ4v) is 1.81. The molecule has 1 atom stereocenters. The van der Waals surface area contributed by atoms with Crippen LogP contribution in [-0.4, -0.2) is 42.5 Å². The third-order valence-electron chi connectivity index (χ3n) is 2.75. The molecule has 0 amide bonds. The van der Waals surface area contributed by atoms with Gasteiger partial charge in [0.25, 0.3) is 0 Å². The predicted molar refractivity (Wildman–Crippen MR) is 58.3 cm³/mol. The molecule has 0 spiro atoms. The second kappa shape index (κ2) is 5.11. The lowest BCUT2D eigenvalue weighted by molar-refractivity contribution is -0.141. The fraction of sp³-hybridized carbons (Fsp3) is 0.545. The zero-order chi connectivity index (χ0) is 13.2. The molecule has 1 aliphatic heterocycles. The highest BCUT2D eigenvalue weighted by molar-refractivity contribution is 5.45. The minimum absolute atomic E-state index is 0.107. The number of ether oxygens (including phenoxy) is 1. The lowest BCUT2D eigenvalue weighted by atomic mass is 10.2. The van der Waals surface area contributed by atoms with Crippen molar-refractivity contribution in [3.63, 3.8) is 0 Å². The van der Waals surface area contributed by atoms with Gasteiger partial charge in [0.15, 0.2) is 0 Å². The van der Waals surface area contributed by atoms with Crippen LogP contribution >= 0.6 is 0 Å². The largest absolute Gasteiger partial charge is 0.433 e. The van der Waals surface area contributed by atoms with E-state index >= 15 is 0 Å². The van der Waals surface area contributed by atoms with Crippen LogP contribution in [0, 0.1) is 0 Å². The molecule has 1 aliphatic rings. The van der Waals surface area contributed by atoms with Crippen LogP contribution in [0.4, 0.5) is 18.9 Å². The molecule has 0 bridgehead atoms. The summed E-state index contributed by atoms with van der Waals surface area (Å²) in [5.41, 5.74) is -0.303. The summed E-state index contributed by atoms with van der Waals surface area (Å²) in [7, 11) is 0. The van der Waals surface area contributed by atoms with E-state index in [9.17, 15) is 13.2 Å². The Hall–Kier alpha value is -1.34. The monoisotopic (exact) mass is 262 g/mol. The van der Waals surface area contributed by atoms with E-state index in [1.165, 1.54) is 12.3 Å². The number of hydrogen-bond acceptors (Lipinski definition) is 4. The van der Waals surface area contributed by atoms with E-state index in [0.717, 1.165) is 6.07 Å². The molecule has 1 saturated heterocycles. The van der Waals surface area contributed by atoms with E-state index in [2.05, 4.69) is 4.98 Å². The Bertz CT molecular complexity index is 394. The summed E-state index contributed by atoms with van der Waals surface area (Å²) in [6, 6.07) is 2.34. The molecule has 2 rings (SSSR count). The SMILES string of the molecule is OC[C@H]1CN(c2ccc(C(F)(F)F)nc2)CCO1. The lowest BCUT2D eigenvalue weighted by Gasteiger charge is -2.33. The molecule has 1 aromatic rings. The molecule has 4 nitrogen and oxygen atoms in total. The Morgan fingerprint density at radius 3 is 2.78 bits per heavy atom. The van der Waals surface area contributed by atoms with Gasteiger partial charge in [-0.05, 0) is 12.1 Å². The molecule has 0 unspecified atom stereocenters. The summed E-state index contributed by atoms with van der Waals surface area (Å²) in [4.78, 5) is 5.25. The van der Waals surface area contributed by atoms with Crippen molar-refractivity contribution in [1.29, 1.82) is 0 Å². The number of hydrogen-bond donors (Lipinski definition) is 1. The number of nitrogens with zero attached hydrogens (tertiary/aromatic N) is 2. The van der Waals surface area contributed by atoms with Gasteiger partial charge >= 0.3 is 6.18 Å². The van der Waals surface area contributed by atoms with Crippen LogP contribution in [0.2, 0.25) is 0 Å². The molecule has 18 heavy (non-hydrogen) atoms. The van der Waals surface area contributed by atoms with E-state index in [0.29, 0.717) is 25.4 Å². The number of rotatable bonds is 2. The summed E-state index contributed by atoms with van der Waals surface area (Å²) in [6.45, 7) is 1.35. The molecule has 2 heterocycles. The second-order valence-electron chi connectivity index (χ2n) is 4.02. The van der Waals surface area contributed by atoms with E-state index in [1.54, 1.807) is 0 Å². The molecule has 0 aromatic carbocycles. The second-order valence-corrected chi connectivity index (χ2v) is 4.02. The number of morpholine rings is 1. The van der Waals surface area contributed by atoms with Crippen molar-refractivity contribution in [3.05, 3.63) is 24.0 Å². The normalized spacial score (nSPS) is 21.1. The first kappa shape index (κ1) is 13.1. The van der Waals surface area contributed by atoms with Crippen LogP contribution in [-0.2, 0) is 10.9 Å². The van der Waals surface area contributed by atoms with Crippen molar-refractivity contribution in [2.75, 3.05) is 31.2 Å². The molecule has 1 fully saturated rings. The highest BCUT2D eigenvalue weighted by Crippen LogP contribution is 2.28. The summed E-state index contributed by atoms with van der Waals surface area (Å²) in [5.74, 6) is 0. The van der Waals surface area contributed by atoms with Crippen molar-refractivity contribution in [2.45, 2.75) is 12.3 Å². The number of pyridine rings is 1. The highest BCUT2D eigenvalue weighted by Gasteiger charge is 2.32. The minimum atomic E-state index is -4.42. The Labute approximate surface area is 102 Å².